The van der Waals surface area contributed by atoms with Crippen LogP contribution >= 0.6 is 0 Å². The van der Waals surface area contributed by atoms with Gasteiger partial charge in [0.25, 0.3) is 0 Å². The van der Waals surface area contributed by atoms with Gasteiger partial charge in [-0.25, -0.2) is 0 Å². The molecule has 2 unspecified atom stereocenters. The predicted octanol–water partition coefficient (Wildman–Crippen LogP) is 5.49. The third-order valence-corrected chi connectivity index (χ3v) is 8.73. The average Bonchev–Trinajstić information content (AvgIpc) is 3.89. The average molecular weight is 549 g/mol. The summed E-state index contributed by atoms with van der Waals surface area (Å²) in [6.07, 6.45) is -3.70. The highest BCUT2D eigenvalue weighted by atomic mass is 19.4. The van der Waals surface area contributed by atoms with Gasteiger partial charge in [0.1, 0.15) is 5.41 Å². The van der Waals surface area contributed by atoms with Gasteiger partial charge in [-0.15, -0.1) is 0 Å². The summed E-state index contributed by atoms with van der Waals surface area (Å²) < 4.78 is 41.3. The van der Waals surface area contributed by atoms with Crippen molar-refractivity contribution in [1.29, 1.82) is 0 Å². The van der Waals surface area contributed by atoms with E-state index in [1.165, 1.54) is 4.90 Å². The van der Waals surface area contributed by atoms with E-state index in [1.54, 1.807) is 0 Å². The molecule has 2 N–H and O–H groups in total. The molecule has 2 saturated carbocycles. The van der Waals surface area contributed by atoms with E-state index in [0.717, 1.165) is 45.4 Å². The fourth-order valence-electron chi connectivity index (χ4n) is 6.10. The van der Waals surface area contributed by atoms with Crippen LogP contribution in [-0.4, -0.2) is 34.5 Å². The monoisotopic (exact) mass is 548 g/mol. The van der Waals surface area contributed by atoms with Gasteiger partial charge in [-0.1, -0.05) is 60.7 Å². The number of fused-ring (bicyclic) bond motifs is 1. The van der Waals surface area contributed by atoms with Crippen LogP contribution < -0.4 is 5.32 Å². The predicted molar refractivity (Wildman–Crippen MR) is 144 cm³/mol. The van der Waals surface area contributed by atoms with Crippen molar-refractivity contribution >= 4 is 11.8 Å². The fourth-order valence-corrected chi connectivity index (χ4v) is 6.10. The van der Waals surface area contributed by atoms with Gasteiger partial charge in [-0.2, -0.15) is 13.2 Å². The highest BCUT2D eigenvalue weighted by Gasteiger charge is 2.69. The van der Waals surface area contributed by atoms with Crippen molar-refractivity contribution in [2.24, 2.45) is 11.3 Å². The number of halogens is 3. The van der Waals surface area contributed by atoms with Gasteiger partial charge in [0, 0.05) is 25.6 Å². The summed E-state index contributed by atoms with van der Waals surface area (Å²) in [7, 11) is 0. The zero-order chi connectivity index (χ0) is 28.1. The number of hydrogen-bond donors (Lipinski definition) is 2. The van der Waals surface area contributed by atoms with Gasteiger partial charge in [-0.05, 0) is 76.6 Å². The van der Waals surface area contributed by atoms with Crippen LogP contribution in [0, 0.1) is 11.3 Å². The number of carbonyl (C=O) groups excluding carboxylic acids is 2. The molecule has 0 aromatic heterocycles. The third-order valence-electron chi connectivity index (χ3n) is 8.73. The number of carbonyl (C=O) groups is 2. The molecule has 2 amide bonds. The van der Waals surface area contributed by atoms with Crippen LogP contribution in [0.25, 0.3) is 11.1 Å². The van der Waals surface area contributed by atoms with E-state index in [1.807, 2.05) is 66.7 Å². The first-order valence-corrected chi connectivity index (χ1v) is 13.7. The van der Waals surface area contributed by atoms with Crippen LogP contribution in [0.3, 0.4) is 0 Å². The van der Waals surface area contributed by atoms with Crippen LogP contribution in [0.2, 0.25) is 0 Å². The number of amides is 2. The van der Waals surface area contributed by atoms with Gasteiger partial charge in [0.05, 0.1) is 6.61 Å². The molecule has 3 aromatic rings. The normalized spacial score (nSPS) is 20.9. The van der Waals surface area contributed by atoms with Crippen LogP contribution in [0.15, 0.2) is 66.7 Å². The summed E-state index contributed by atoms with van der Waals surface area (Å²) in [4.78, 5) is 27.5. The fraction of sp³-hybridized carbons (Fsp3) is 0.375. The Morgan fingerprint density at radius 1 is 1.00 bits per heavy atom. The molecule has 6 rings (SSSR count). The summed E-state index contributed by atoms with van der Waals surface area (Å²) in [5.41, 5.74) is 4.03. The maximum Gasteiger partial charge on any atom is 0.403 e. The molecule has 8 heteroatoms. The molecular formula is C32H31F3N2O3. The second-order valence-corrected chi connectivity index (χ2v) is 11.2. The number of hydrogen-bond acceptors (Lipinski definition) is 3. The molecule has 0 bridgehead atoms. The zero-order valence-electron chi connectivity index (χ0n) is 22.0. The van der Waals surface area contributed by atoms with E-state index in [2.05, 4.69) is 5.32 Å². The molecule has 0 spiro atoms. The van der Waals surface area contributed by atoms with Crippen LogP contribution in [0.5, 0.6) is 0 Å². The Morgan fingerprint density at radius 3 is 2.48 bits per heavy atom. The number of aliphatic hydroxyl groups excluding tert-OH is 1. The van der Waals surface area contributed by atoms with Crippen molar-refractivity contribution in [2.45, 2.75) is 57.5 Å². The lowest BCUT2D eigenvalue weighted by molar-refractivity contribution is -0.199. The van der Waals surface area contributed by atoms with Crippen molar-refractivity contribution in [3.05, 3.63) is 94.5 Å². The van der Waals surface area contributed by atoms with Crippen LogP contribution in [0.1, 0.15) is 53.0 Å². The number of nitrogens with one attached hydrogen (secondary N) is 1. The van der Waals surface area contributed by atoms with Gasteiger partial charge in [-0.3, -0.25) is 9.59 Å². The van der Waals surface area contributed by atoms with Crippen molar-refractivity contribution in [3.63, 3.8) is 0 Å². The lowest BCUT2D eigenvalue weighted by Crippen LogP contribution is -2.46. The lowest BCUT2D eigenvalue weighted by Gasteiger charge is -2.35. The first-order valence-electron chi connectivity index (χ1n) is 13.7. The largest absolute Gasteiger partial charge is 0.403 e. The van der Waals surface area contributed by atoms with E-state index in [-0.39, 0.29) is 56.8 Å². The van der Waals surface area contributed by atoms with Crippen molar-refractivity contribution in [1.82, 2.24) is 10.2 Å². The smallest absolute Gasteiger partial charge is 0.392 e. The molecule has 1 aliphatic heterocycles. The summed E-state index contributed by atoms with van der Waals surface area (Å²) in [6.45, 7) is 0.406. The Hall–Kier alpha value is -3.65. The minimum absolute atomic E-state index is 0.0416. The van der Waals surface area contributed by atoms with Crippen molar-refractivity contribution in [2.75, 3.05) is 6.54 Å². The number of benzene rings is 3. The van der Waals surface area contributed by atoms with E-state index in [0.29, 0.717) is 6.42 Å². The topological polar surface area (TPSA) is 69.6 Å². The second kappa shape index (κ2) is 10.1. The minimum Gasteiger partial charge on any atom is -0.392 e. The van der Waals surface area contributed by atoms with E-state index < -0.39 is 17.5 Å². The molecule has 0 radical (unpaired) electrons. The quantitative estimate of drug-likeness (QED) is 0.410. The zero-order valence-corrected chi connectivity index (χ0v) is 22.0. The molecule has 3 aliphatic rings. The van der Waals surface area contributed by atoms with E-state index >= 15 is 0 Å². The highest BCUT2D eigenvalue weighted by molar-refractivity contribution is 5.87. The molecule has 3 aromatic carbocycles. The second-order valence-electron chi connectivity index (χ2n) is 11.2. The molecule has 2 aliphatic carbocycles. The number of alkyl halides is 3. The highest BCUT2D eigenvalue weighted by Crippen LogP contribution is 2.59. The Labute approximate surface area is 231 Å². The molecular weight excluding hydrogens is 517 g/mol. The van der Waals surface area contributed by atoms with Crippen LogP contribution in [-0.2, 0) is 35.7 Å². The minimum atomic E-state index is -4.56. The number of rotatable bonds is 7. The maximum absolute atomic E-state index is 13.8. The Kier molecular flexibility index (Phi) is 6.69. The SMILES string of the molecule is O=C(NCc1ccc(-c2cccc(CO)c2)c2c1CN(C(=O)C1(C(F)(F)F)CC1)CC2)C1CC1c1ccccc1. The van der Waals surface area contributed by atoms with Gasteiger partial charge in [0.2, 0.25) is 11.8 Å². The van der Waals surface area contributed by atoms with E-state index in [4.69, 9.17) is 0 Å². The number of nitrogens with zero attached hydrogens (tertiary/aromatic N) is 1. The molecule has 2 fully saturated rings. The molecule has 0 saturated heterocycles. The Bertz CT molecular complexity index is 1450. The molecule has 40 heavy (non-hydrogen) atoms. The van der Waals surface area contributed by atoms with Gasteiger partial charge >= 0.3 is 6.18 Å². The molecule has 208 valence electrons. The Balaban J connectivity index is 1.27. The van der Waals surface area contributed by atoms with Gasteiger partial charge < -0.3 is 15.3 Å². The summed E-state index contributed by atoms with van der Waals surface area (Å²) in [5.74, 6) is -0.795. The first kappa shape index (κ1) is 26.6. The van der Waals surface area contributed by atoms with Crippen molar-refractivity contribution in [3.8, 4) is 11.1 Å². The van der Waals surface area contributed by atoms with Crippen LogP contribution in [0.4, 0.5) is 13.2 Å². The summed E-state index contributed by atoms with van der Waals surface area (Å²) in [5, 5.41) is 12.7. The molecule has 1 heterocycles. The van der Waals surface area contributed by atoms with E-state index in [9.17, 15) is 27.9 Å². The Morgan fingerprint density at radius 2 is 1.77 bits per heavy atom. The molecule has 5 nitrogen and oxygen atoms in total. The molecule has 2 atom stereocenters. The lowest BCUT2D eigenvalue weighted by atomic mass is 9.86. The summed E-state index contributed by atoms with van der Waals surface area (Å²) in [6, 6.07) is 21.3. The van der Waals surface area contributed by atoms with Crippen molar-refractivity contribution < 1.29 is 27.9 Å². The first-order chi connectivity index (χ1) is 19.2. The third kappa shape index (κ3) is 4.79. The number of aliphatic hydroxyl groups is 1. The van der Waals surface area contributed by atoms with Gasteiger partial charge in [0.15, 0.2) is 0 Å². The maximum atomic E-state index is 13.8. The summed E-state index contributed by atoms with van der Waals surface area (Å²) >= 11 is 0. The standard InChI is InChI=1S/C32H31F3N2O3/c33-32(34,35)31(12-13-31)30(40)37-14-11-25-24(22-8-4-5-20(15-22)19-38)10-9-23(28(25)18-37)17-36-29(39)27-16-26(27)21-6-2-1-3-7-21/h1-10,15,26-27,38H,11-14,16-19H2,(H,36,39).